The van der Waals surface area contributed by atoms with E-state index < -0.39 is 16.1 Å². The molecule has 0 N–H and O–H groups in total. The molecule has 0 fully saturated rings. The van der Waals surface area contributed by atoms with Gasteiger partial charge in [-0.2, -0.15) is 0 Å². The number of hydrogen-bond acceptors (Lipinski definition) is 5. The summed E-state index contributed by atoms with van der Waals surface area (Å²) < 4.78 is 36.3. The molecule has 0 aromatic heterocycles. The van der Waals surface area contributed by atoms with E-state index >= 15 is 0 Å². The van der Waals surface area contributed by atoms with Gasteiger partial charge in [-0.15, -0.1) is 0 Å². The number of ether oxygens (including phenoxy) is 2. The summed E-state index contributed by atoms with van der Waals surface area (Å²) in [6.45, 7) is 2.42. The molecule has 1 unspecified atom stereocenters. The van der Waals surface area contributed by atoms with Crippen molar-refractivity contribution in [1.29, 1.82) is 0 Å². The van der Waals surface area contributed by atoms with Gasteiger partial charge in [-0.1, -0.05) is 0 Å². The fourth-order valence-corrected chi connectivity index (χ4v) is 3.51. The van der Waals surface area contributed by atoms with E-state index in [1.807, 2.05) is 0 Å². The highest BCUT2D eigenvalue weighted by molar-refractivity contribution is 7.92. The lowest BCUT2D eigenvalue weighted by Crippen LogP contribution is -2.47. The van der Waals surface area contributed by atoms with Gasteiger partial charge < -0.3 is 14.4 Å². The van der Waals surface area contributed by atoms with Crippen LogP contribution in [-0.2, 0) is 14.8 Å². The summed E-state index contributed by atoms with van der Waals surface area (Å²) >= 11 is 0. The molecular formula is C14H20N2O5S. The van der Waals surface area contributed by atoms with Gasteiger partial charge in [0, 0.05) is 20.2 Å². The maximum Gasteiger partial charge on any atom is 0.245 e. The minimum Gasteiger partial charge on any atom is -0.486 e. The summed E-state index contributed by atoms with van der Waals surface area (Å²) in [5.41, 5.74) is 0.370. The van der Waals surface area contributed by atoms with E-state index in [9.17, 15) is 13.2 Å². The van der Waals surface area contributed by atoms with Gasteiger partial charge in [-0.05, 0) is 19.1 Å². The third kappa shape index (κ3) is 3.27. The van der Waals surface area contributed by atoms with Gasteiger partial charge in [0.15, 0.2) is 11.5 Å². The van der Waals surface area contributed by atoms with Crippen molar-refractivity contribution >= 4 is 21.6 Å². The number of amides is 1. The standard InChI is InChI=1S/C14H20N2O5S/c1-10(14(17)15(2)3)16(22(4,18)19)11-5-6-12-13(9-11)21-8-7-20-12/h5-6,9-10H,7-8H2,1-4H3. The average Bonchev–Trinajstić information content (AvgIpc) is 2.44. The molecule has 1 amide bonds. The molecule has 1 aromatic carbocycles. The van der Waals surface area contributed by atoms with Crippen molar-refractivity contribution in [3.05, 3.63) is 18.2 Å². The second-order valence-corrected chi connectivity index (χ2v) is 7.15. The molecule has 8 heteroatoms. The predicted molar refractivity (Wildman–Crippen MR) is 82.9 cm³/mol. The van der Waals surface area contributed by atoms with Crippen LogP contribution in [0.1, 0.15) is 6.92 Å². The number of rotatable bonds is 4. The highest BCUT2D eigenvalue weighted by Gasteiger charge is 2.31. The van der Waals surface area contributed by atoms with Gasteiger partial charge in [0.1, 0.15) is 19.3 Å². The molecule has 0 spiro atoms. The Hall–Kier alpha value is -1.96. The van der Waals surface area contributed by atoms with E-state index in [-0.39, 0.29) is 5.91 Å². The minimum absolute atomic E-state index is 0.305. The maximum absolute atomic E-state index is 12.2. The lowest BCUT2D eigenvalue weighted by molar-refractivity contribution is -0.129. The molecule has 1 atom stereocenters. The number of anilines is 1. The van der Waals surface area contributed by atoms with Crippen LogP contribution in [0.25, 0.3) is 0 Å². The molecule has 0 radical (unpaired) electrons. The Labute approximate surface area is 130 Å². The van der Waals surface area contributed by atoms with E-state index in [4.69, 9.17) is 9.47 Å². The topological polar surface area (TPSA) is 76.2 Å². The fraction of sp³-hybridized carbons (Fsp3) is 0.500. The number of fused-ring (bicyclic) bond motifs is 1. The molecular weight excluding hydrogens is 308 g/mol. The Kier molecular flexibility index (Phi) is 4.50. The van der Waals surface area contributed by atoms with E-state index in [2.05, 4.69) is 0 Å². The van der Waals surface area contributed by atoms with Gasteiger partial charge in [0.05, 0.1) is 11.9 Å². The first-order valence-corrected chi connectivity index (χ1v) is 8.67. The molecule has 0 bridgehead atoms. The SMILES string of the molecule is CC(C(=O)N(C)C)N(c1ccc2c(c1)OCCO2)S(C)(=O)=O. The lowest BCUT2D eigenvalue weighted by Gasteiger charge is -2.30. The lowest BCUT2D eigenvalue weighted by atomic mass is 10.2. The Morgan fingerprint density at radius 2 is 1.77 bits per heavy atom. The van der Waals surface area contributed by atoms with Crippen LogP contribution in [0.2, 0.25) is 0 Å². The third-order valence-corrected chi connectivity index (χ3v) is 4.53. The summed E-state index contributed by atoms with van der Waals surface area (Å²) in [6.07, 6.45) is 1.07. The molecule has 1 heterocycles. The smallest absolute Gasteiger partial charge is 0.245 e. The Bertz CT molecular complexity index is 672. The van der Waals surface area contributed by atoms with Gasteiger partial charge in [-0.25, -0.2) is 8.42 Å². The largest absolute Gasteiger partial charge is 0.486 e. The molecule has 0 saturated heterocycles. The van der Waals surface area contributed by atoms with Gasteiger partial charge in [-0.3, -0.25) is 9.10 Å². The van der Waals surface area contributed by atoms with Gasteiger partial charge in [0.2, 0.25) is 15.9 Å². The zero-order chi connectivity index (χ0) is 16.5. The second-order valence-electron chi connectivity index (χ2n) is 5.30. The summed E-state index contributed by atoms with van der Waals surface area (Å²) in [7, 11) is -0.460. The molecule has 0 saturated carbocycles. The van der Waals surface area contributed by atoms with E-state index in [0.29, 0.717) is 30.4 Å². The van der Waals surface area contributed by atoms with E-state index in [1.165, 1.54) is 4.90 Å². The Balaban J connectivity index is 2.44. The van der Waals surface area contributed by atoms with Crippen molar-refractivity contribution in [2.24, 2.45) is 0 Å². The Morgan fingerprint density at radius 3 is 2.32 bits per heavy atom. The zero-order valence-electron chi connectivity index (χ0n) is 13.1. The van der Waals surface area contributed by atoms with E-state index in [1.54, 1.807) is 39.2 Å². The highest BCUT2D eigenvalue weighted by atomic mass is 32.2. The third-order valence-electron chi connectivity index (χ3n) is 3.29. The van der Waals surface area contributed by atoms with Crippen LogP contribution < -0.4 is 13.8 Å². The quantitative estimate of drug-likeness (QED) is 0.813. The van der Waals surface area contributed by atoms with Crippen LogP contribution in [0, 0.1) is 0 Å². The molecule has 1 aromatic rings. The first-order valence-electron chi connectivity index (χ1n) is 6.82. The van der Waals surface area contributed by atoms with Gasteiger partial charge in [0.25, 0.3) is 0 Å². The summed E-state index contributed by atoms with van der Waals surface area (Å²) in [5, 5.41) is 0. The highest BCUT2D eigenvalue weighted by Crippen LogP contribution is 2.35. The van der Waals surface area contributed by atoms with Crippen LogP contribution in [0.4, 0.5) is 5.69 Å². The number of likely N-dealkylation sites (N-methyl/N-ethyl adjacent to an activating group) is 1. The van der Waals surface area contributed by atoms with Crippen LogP contribution >= 0.6 is 0 Å². The molecule has 1 aliphatic rings. The first kappa shape index (κ1) is 16.4. The average molecular weight is 328 g/mol. The molecule has 22 heavy (non-hydrogen) atoms. The molecule has 0 aliphatic carbocycles. The normalized spacial score (nSPS) is 15.1. The molecule has 122 valence electrons. The van der Waals surface area contributed by atoms with Crippen molar-refractivity contribution in [1.82, 2.24) is 4.90 Å². The van der Waals surface area contributed by atoms with Crippen molar-refractivity contribution in [2.75, 3.05) is 37.9 Å². The monoisotopic (exact) mass is 328 g/mol. The number of carbonyl (C=O) groups excluding carboxylic acids is 1. The van der Waals surface area contributed by atoms with Crippen LogP contribution in [0.15, 0.2) is 18.2 Å². The molecule has 2 rings (SSSR count). The minimum atomic E-state index is -3.63. The van der Waals surface area contributed by atoms with Gasteiger partial charge >= 0.3 is 0 Å². The number of sulfonamides is 1. The van der Waals surface area contributed by atoms with Crippen LogP contribution in [-0.4, -0.2) is 58.8 Å². The number of nitrogens with zero attached hydrogens (tertiary/aromatic N) is 2. The van der Waals surface area contributed by atoms with Crippen molar-refractivity contribution in [2.45, 2.75) is 13.0 Å². The van der Waals surface area contributed by atoms with Crippen molar-refractivity contribution in [3.63, 3.8) is 0 Å². The maximum atomic E-state index is 12.2. The predicted octanol–water partition coefficient (Wildman–Crippen LogP) is 0.700. The van der Waals surface area contributed by atoms with Crippen molar-refractivity contribution < 1.29 is 22.7 Å². The first-order chi connectivity index (χ1) is 10.2. The Morgan fingerprint density at radius 1 is 1.18 bits per heavy atom. The number of hydrogen-bond donors (Lipinski definition) is 0. The summed E-state index contributed by atoms with van der Waals surface area (Å²) in [5.74, 6) is 0.734. The molecule has 1 aliphatic heterocycles. The number of carbonyl (C=O) groups is 1. The van der Waals surface area contributed by atoms with Crippen molar-refractivity contribution in [3.8, 4) is 11.5 Å². The van der Waals surface area contributed by atoms with Crippen LogP contribution in [0.3, 0.4) is 0 Å². The van der Waals surface area contributed by atoms with E-state index in [0.717, 1.165) is 10.6 Å². The summed E-state index contributed by atoms with van der Waals surface area (Å²) in [6, 6.07) is 3.98. The fourth-order valence-electron chi connectivity index (χ4n) is 2.35. The zero-order valence-corrected chi connectivity index (χ0v) is 13.9. The summed E-state index contributed by atoms with van der Waals surface area (Å²) in [4.78, 5) is 13.5. The van der Waals surface area contributed by atoms with Crippen LogP contribution in [0.5, 0.6) is 11.5 Å². The molecule has 7 nitrogen and oxygen atoms in total. The second kappa shape index (κ2) is 6.04. The number of benzene rings is 1.